The molecule has 0 atom stereocenters. The van der Waals surface area contributed by atoms with Crippen LogP contribution < -0.4 is 5.73 Å². The third-order valence-electron chi connectivity index (χ3n) is 3.69. The van der Waals surface area contributed by atoms with Crippen molar-refractivity contribution < 1.29 is 4.79 Å². The minimum Gasteiger partial charge on any atom is -0.330 e. The van der Waals surface area contributed by atoms with Crippen LogP contribution in [0.15, 0.2) is 24.3 Å². The Labute approximate surface area is 107 Å². The molecular formula is C14H18ClNO. The molecule has 1 aliphatic carbocycles. The Morgan fingerprint density at radius 1 is 1.24 bits per heavy atom. The number of hydrogen-bond donors (Lipinski definition) is 1. The molecule has 2 rings (SSSR count). The zero-order valence-corrected chi connectivity index (χ0v) is 10.6. The third-order valence-corrected chi connectivity index (χ3v) is 4.02. The van der Waals surface area contributed by atoms with E-state index in [1.165, 1.54) is 0 Å². The highest BCUT2D eigenvalue weighted by Gasteiger charge is 2.27. The number of carbonyl (C=O) groups excluding carboxylic acids is 1. The SMILES string of the molecule is NCC1CCC(C(=O)c2ccccc2Cl)CC1. The maximum absolute atomic E-state index is 12.3. The number of rotatable bonds is 3. The van der Waals surface area contributed by atoms with Gasteiger partial charge in [-0.2, -0.15) is 0 Å². The molecule has 0 radical (unpaired) electrons. The predicted octanol–water partition coefficient (Wildman–Crippen LogP) is 3.29. The minimum atomic E-state index is 0.137. The van der Waals surface area contributed by atoms with Crippen molar-refractivity contribution in [1.82, 2.24) is 0 Å². The summed E-state index contributed by atoms with van der Waals surface area (Å²) in [7, 11) is 0. The fraction of sp³-hybridized carbons (Fsp3) is 0.500. The fourth-order valence-electron chi connectivity index (χ4n) is 2.54. The number of hydrogen-bond acceptors (Lipinski definition) is 2. The first-order valence-electron chi connectivity index (χ1n) is 6.21. The normalized spacial score (nSPS) is 24.6. The van der Waals surface area contributed by atoms with Crippen LogP contribution >= 0.6 is 11.6 Å². The highest BCUT2D eigenvalue weighted by molar-refractivity contribution is 6.34. The molecule has 1 aliphatic rings. The molecule has 0 saturated heterocycles. The molecule has 0 heterocycles. The molecule has 0 spiro atoms. The van der Waals surface area contributed by atoms with Crippen LogP contribution in [0, 0.1) is 11.8 Å². The summed E-state index contributed by atoms with van der Waals surface area (Å²) in [6.07, 6.45) is 4.03. The molecule has 0 bridgehead atoms. The average Bonchev–Trinajstić information content (AvgIpc) is 2.39. The van der Waals surface area contributed by atoms with E-state index in [1.54, 1.807) is 6.07 Å². The third kappa shape index (κ3) is 2.88. The average molecular weight is 252 g/mol. The van der Waals surface area contributed by atoms with Crippen molar-refractivity contribution in [2.75, 3.05) is 6.54 Å². The van der Waals surface area contributed by atoms with E-state index < -0.39 is 0 Å². The van der Waals surface area contributed by atoms with Crippen molar-refractivity contribution in [1.29, 1.82) is 0 Å². The minimum absolute atomic E-state index is 0.137. The van der Waals surface area contributed by atoms with Crippen LogP contribution in [0.2, 0.25) is 5.02 Å². The van der Waals surface area contributed by atoms with Gasteiger partial charge in [0.05, 0.1) is 5.02 Å². The predicted molar refractivity (Wildman–Crippen MR) is 70.3 cm³/mol. The quantitative estimate of drug-likeness (QED) is 0.838. The highest BCUT2D eigenvalue weighted by atomic mass is 35.5. The van der Waals surface area contributed by atoms with Crippen molar-refractivity contribution in [3.63, 3.8) is 0 Å². The second kappa shape index (κ2) is 5.65. The van der Waals surface area contributed by atoms with Gasteiger partial charge < -0.3 is 5.73 Å². The van der Waals surface area contributed by atoms with Crippen molar-refractivity contribution in [3.05, 3.63) is 34.9 Å². The molecule has 17 heavy (non-hydrogen) atoms. The Morgan fingerprint density at radius 2 is 1.88 bits per heavy atom. The second-order valence-electron chi connectivity index (χ2n) is 4.80. The molecule has 0 unspecified atom stereocenters. The van der Waals surface area contributed by atoms with Gasteiger partial charge in [-0.3, -0.25) is 4.79 Å². The summed E-state index contributed by atoms with van der Waals surface area (Å²) < 4.78 is 0. The van der Waals surface area contributed by atoms with Crippen molar-refractivity contribution in [2.45, 2.75) is 25.7 Å². The Balaban J connectivity index is 2.04. The summed E-state index contributed by atoms with van der Waals surface area (Å²) in [5.74, 6) is 0.939. The fourth-order valence-corrected chi connectivity index (χ4v) is 2.77. The summed E-state index contributed by atoms with van der Waals surface area (Å²) in [5.41, 5.74) is 6.33. The lowest BCUT2D eigenvalue weighted by atomic mass is 9.78. The number of halogens is 1. The lowest BCUT2D eigenvalue weighted by molar-refractivity contribution is 0.0873. The van der Waals surface area contributed by atoms with Gasteiger partial charge in [0.15, 0.2) is 5.78 Å². The van der Waals surface area contributed by atoms with Crippen LogP contribution in [-0.4, -0.2) is 12.3 Å². The van der Waals surface area contributed by atoms with Crippen LogP contribution in [0.1, 0.15) is 36.0 Å². The van der Waals surface area contributed by atoms with Gasteiger partial charge in [0, 0.05) is 11.5 Å². The molecule has 0 amide bonds. The van der Waals surface area contributed by atoms with Gasteiger partial charge in [-0.25, -0.2) is 0 Å². The van der Waals surface area contributed by atoms with Gasteiger partial charge in [0.1, 0.15) is 0 Å². The maximum Gasteiger partial charge on any atom is 0.167 e. The second-order valence-corrected chi connectivity index (χ2v) is 5.20. The van der Waals surface area contributed by atoms with E-state index in [0.717, 1.165) is 32.2 Å². The van der Waals surface area contributed by atoms with Crippen molar-refractivity contribution in [3.8, 4) is 0 Å². The van der Waals surface area contributed by atoms with E-state index in [2.05, 4.69) is 0 Å². The monoisotopic (exact) mass is 251 g/mol. The summed E-state index contributed by atoms with van der Waals surface area (Å²) in [5, 5.41) is 0.568. The molecular weight excluding hydrogens is 234 g/mol. The van der Waals surface area contributed by atoms with Gasteiger partial charge in [-0.1, -0.05) is 23.7 Å². The zero-order chi connectivity index (χ0) is 12.3. The zero-order valence-electron chi connectivity index (χ0n) is 9.86. The first-order valence-corrected chi connectivity index (χ1v) is 6.59. The largest absolute Gasteiger partial charge is 0.330 e. The molecule has 92 valence electrons. The number of ketones is 1. The van der Waals surface area contributed by atoms with Crippen LogP contribution in [0.4, 0.5) is 0 Å². The summed E-state index contributed by atoms with van der Waals surface area (Å²) >= 11 is 6.05. The van der Waals surface area contributed by atoms with Gasteiger partial charge in [-0.15, -0.1) is 0 Å². The standard InChI is InChI=1S/C14H18ClNO/c15-13-4-2-1-3-12(13)14(17)11-7-5-10(9-16)6-8-11/h1-4,10-11H,5-9,16H2. The summed E-state index contributed by atoms with van der Waals surface area (Å²) in [4.78, 5) is 12.3. The summed E-state index contributed by atoms with van der Waals surface area (Å²) in [6.45, 7) is 0.743. The Hall–Kier alpha value is -0.860. The Bertz CT molecular complexity index is 397. The van der Waals surface area contributed by atoms with Gasteiger partial charge >= 0.3 is 0 Å². The molecule has 3 heteroatoms. The number of Topliss-reactive ketones (excluding diaryl/α,β-unsaturated/α-hetero) is 1. The molecule has 1 saturated carbocycles. The first-order chi connectivity index (χ1) is 8.22. The highest BCUT2D eigenvalue weighted by Crippen LogP contribution is 2.31. The smallest absolute Gasteiger partial charge is 0.167 e. The van der Waals surface area contributed by atoms with Crippen molar-refractivity contribution >= 4 is 17.4 Å². The molecule has 0 aromatic heterocycles. The molecule has 1 aromatic rings. The molecule has 1 aromatic carbocycles. The van der Waals surface area contributed by atoms with Gasteiger partial charge in [-0.05, 0) is 50.3 Å². The van der Waals surface area contributed by atoms with E-state index in [1.807, 2.05) is 18.2 Å². The van der Waals surface area contributed by atoms with E-state index in [0.29, 0.717) is 16.5 Å². The Kier molecular flexibility index (Phi) is 4.19. The first kappa shape index (κ1) is 12.6. The number of carbonyl (C=O) groups is 1. The van der Waals surface area contributed by atoms with Crippen LogP contribution in [0.5, 0.6) is 0 Å². The molecule has 2 N–H and O–H groups in total. The molecule has 0 aliphatic heterocycles. The summed E-state index contributed by atoms with van der Waals surface area (Å²) in [6, 6.07) is 7.31. The molecule has 2 nitrogen and oxygen atoms in total. The van der Waals surface area contributed by atoms with E-state index in [9.17, 15) is 4.79 Å². The Morgan fingerprint density at radius 3 is 2.47 bits per heavy atom. The lowest BCUT2D eigenvalue weighted by Crippen LogP contribution is -2.25. The number of nitrogens with two attached hydrogens (primary N) is 1. The van der Waals surface area contributed by atoms with Crippen LogP contribution in [0.25, 0.3) is 0 Å². The lowest BCUT2D eigenvalue weighted by Gasteiger charge is -2.26. The van der Waals surface area contributed by atoms with Crippen molar-refractivity contribution in [2.24, 2.45) is 17.6 Å². The van der Waals surface area contributed by atoms with E-state index in [4.69, 9.17) is 17.3 Å². The van der Waals surface area contributed by atoms with Crippen LogP contribution in [0.3, 0.4) is 0 Å². The van der Waals surface area contributed by atoms with E-state index in [-0.39, 0.29) is 11.7 Å². The topological polar surface area (TPSA) is 43.1 Å². The number of benzene rings is 1. The van der Waals surface area contributed by atoms with Gasteiger partial charge in [0.2, 0.25) is 0 Å². The van der Waals surface area contributed by atoms with E-state index >= 15 is 0 Å². The molecule has 1 fully saturated rings. The van der Waals surface area contributed by atoms with Crippen LogP contribution in [-0.2, 0) is 0 Å². The van der Waals surface area contributed by atoms with Gasteiger partial charge in [0.25, 0.3) is 0 Å². The maximum atomic E-state index is 12.3.